The van der Waals surface area contributed by atoms with Crippen LogP contribution in [0.5, 0.6) is 0 Å². The third-order valence-electron chi connectivity index (χ3n) is 3.42. The Morgan fingerprint density at radius 3 is 2.80 bits per heavy atom. The molecule has 2 heterocycles. The van der Waals surface area contributed by atoms with Gasteiger partial charge in [0.2, 0.25) is 15.9 Å². The number of H-pyrrole nitrogens is 1. The van der Waals surface area contributed by atoms with Crippen LogP contribution in [-0.2, 0) is 21.4 Å². The Hall–Kier alpha value is -1.93. The van der Waals surface area contributed by atoms with Crippen LogP contribution in [0.25, 0.3) is 11.0 Å². The first-order valence-electron chi connectivity index (χ1n) is 6.16. The summed E-state index contributed by atoms with van der Waals surface area (Å²) in [5.41, 5.74) is 1.70. The number of sulfonamides is 1. The molecule has 0 radical (unpaired) electrons. The van der Waals surface area contributed by atoms with Crippen molar-refractivity contribution in [1.82, 2.24) is 14.9 Å². The summed E-state index contributed by atoms with van der Waals surface area (Å²) in [5.74, 6) is 0.416. The lowest BCUT2D eigenvalue weighted by Gasteiger charge is -2.14. The van der Waals surface area contributed by atoms with Gasteiger partial charge in [-0.05, 0) is 12.1 Å². The first kappa shape index (κ1) is 13.1. The highest BCUT2D eigenvalue weighted by Gasteiger charge is 2.36. The van der Waals surface area contributed by atoms with Gasteiger partial charge in [-0.1, -0.05) is 12.1 Å². The van der Waals surface area contributed by atoms with Gasteiger partial charge >= 0.3 is 0 Å². The van der Waals surface area contributed by atoms with Gasteiger partial charge in [-0.15, -0.1) is 0 Å². The molecule has 1 aromatic heterocycles. The molecule has 8 heteroatoms. The standard InChI is InChI=1S/C12H14N4O3S/c13-20(18,19)8-5-12(17)16(6-8)7-11-14-9-3-1-2-4-10(9)15-11/h1-4,8H,5-7H2,(H,14,15)(H2,13,18,19). The number of aromatic amines is 1. The van der Waals surface area contributed by atoms with Crippen molar-refractivity contribution in [3.8, 4) is 0 Å². The predicted octanol–water partition coefficient (Wildman–Crippen LogP) is -0.0477. The highest BCUT2D eigenvalue weighted by molar-refractivity contribution is 7.89. The monoisotopic (exact) mass is 294 g/mol. The van der Waals surface area contributed by atoms with Crippen LogP contribution >= 0.6 is 0 Å². The number of benzene rings is 1. The summed E-state index contributed by atoms with van der Waals surface area (Å²) in [6.07, 6.45) is -0.0565. The Balaban J connectivity index is 1.79. The molecule has 20 heavy (non-hydrogen) atoms. The van der Waals surface area contributed by atoms with E-state index in [1.807, 2.05) is 24.3 Å². The number of carbonyl (C=O) groups is 1. The molecule has 0 spiro atoms. The number of nitrogens with zero attached hydrogens (tertiary/aromatic N) is 2. The van der Waals surface area contributed by atoms with Crippen LogP contribution in [0.4, 0.5) is 0 Å². The third kappa shape index (κ3) is 2.39. The Morgan fingerprint density at radius 2 is 2.15 bits per heavy atom. The third-order valence-corrected chi connectivity index (χ3v) is 4.67. The number of hydrogen-bond acceptors (Lipinski definition) is 4. The molecule has 1 fully saturated rings. The molecule has 2 aromatic rings. The minimum atomic E-state index is -3.68. The van der Waals surface area contributed by atoms with Gasteiger partial charge in [-0.25, -0.2) is 18.5 Å². The van der Waals surface area contributed by atoms with Crippen molar-refractivity contribution >= 4 is 27.0 Å². The van der Waals surface area contributed by atoms with Crippen molar-refractivity contribution in [3.63, 3.8) is 0 Å². The molecule has 0 aliphatic carbocycles. The summed E-state index contributed by atoms with van der Waals surface area (Å²) >= 11 is 0. The highest BCUT2D eigenvalue weighted by atomic mass is 32.2. The molecule has 3 rings (SSSR count). The van der Waals surface area contributed by atoms with E-state index in [2.05, 4.69) is 9.97 Å². The van der Waals surface area contributed by atoms with Crippen molar-refractivity contribution in [2.45, 2.75) is 18.2 Å². The van der Waals surface area contributed by atoms with Gasteiger partial charge in [0, 0.05) is 13.0 Å². The second kappa shape index (κ2) is 4.57. The Labute approximate surface area is 115 Å². The second-order valence-electron chi connectivity index (χ2n) is 4.89. The predicted molar refractivity (Wildman–Crippen MR) is 73.0 cm³/mol. The maximum Gasteiger partial charge on any atom is 0.224 e. The summed E-state index contributed by atoms with van der Waals surface area (Å²) in [6.45, 7) is 0.383. The number of rotatable bonds is 3. The van der Waals surface area contributed by atoms with Crippen molar-refractivity contribution in [2.75, 3.05) is 6.54 Å². The summed E-state index contributed by atoms with van der Waals surface area (Å²) < 4.78 is 22.6. The number of fused-ring (bicyclic) bond motifs is 1. The van der Waals surface area contributed by atoms with E-state index in [0.717, 1.165) is 11.0 Å². The van der Waals surface area contributed by atoms with Gasteiger partial charge in [0.05, 0.1) is 17.6 Å². The van der Waals surface area contributed by atoms with Crippen LogP contribution in [0.1, 0.15) is 12.2 Å². The normalized spacial score (nSPS) is 19.9. The lowest BCUT2D eigenvalue weighted by Crippen LogP contribution is -2.32. The summed E-state index contributed by atoms with van der Waals surface area (Å²) in [7, 11) is -3.68. The second-order valence-corrected chi connectivity index (χ2v) is 6.73. The molecular weight excluding hydrogens is 280 g/mol. The number of imidazole rings is 1. The number of hydrogen-bond donors (Lipinski definition) is 2. The fourth-order valence-corrected chi connectivity index (χ4v) is 3.13. The van der Waals surface area contributed by atoms with E-state index in [1.165, 1.54) is 4.90 Å². The minimum Gasteiger partial charge on any atom is -0.340 e. The van der Waals surface area contributed by atoms with Crippen molar-refractivity contribution in [1.29, 1.82) is 0 Å². The van der Waals surface area contributed by atoms with Crippen LogP contribution < -0.4 is 5.14 Å². The van der Waals surface area contributed by atoms with Crippen LogP contribution in [-0.4, -0.2) is 41.0 Å². The summed E-state index contributed by atoms with van der Waals surface area (Å²) in [4.78, 5) is 20.8. The van der Waals surface area contributed by atoms with E-state index in [4.69, 9.17) is 5.14 Å². The van der Waals surface area contributed by atoms with Crippen LogP contribution in [0.15, 0.2) is 24.3 Å². The zero-order valence-corrected chi connectivity index (χ0v) is 11.4. The van der Waals surface area contributed by atoms with E-state index in [0.29, 0.717) is 5.82 Å². The van der Waals surface area contributed by atoms with Gasteiger partial charge in [0.25, 0.3) is 0 Å². The molecule has 1 aromatic carbocycles. The van der Waals surface area contributed by atoms with Crippen molar-refractivity contribution in [3.05, 3.63) is 30.1 Å². The van der Waals surface area contributed by atoms with E-state index in [1.54, 1.807) is 0 Å². The van der Waals surface area contributed by atoms with Crippen LogP contribution in [0.2, 0.25) is 0 Å². The molecule has 1 aliphatic rings. The Kier molecular flexibility index (Phi) is 2.98. The first-order chi connectivity index (χ1) is 9.43. The van der Waals surface area contributed by atoms with E-state index in [9.17, 15) is 13.2 Å². The maximum absolute atomic E-state index is 11.8. The quantitative estimate of drug-likeness (QED) is 0.827. The smallest absolute Gasteiger partial charge is 0.224 e. The zero-order valence-electron chi connectivity index (χ0n) is 10.6. The molecule has 0 bridgehead atoms. The average molecular weight is 294 g/mol. The molecule has 1 atom stereocenters. The highest BCUT2D eigenvalue weighted by Crippen LogP contribution is 2.19. The topological polar surface area (TPSA) is 109 Å². The number of nitrogens with one attached hydrogen (secondary N) is 1. The number of primary sulfonamides is 1. The van der Waals surface area contributed by atoms with Gasteiger partial charge in [-0.2, -0.15) is 0 Å². The van der Waals surface area contributed by atoms with Crippen LogP contribution in [0.3, 0.4) is 0 Å². The number of amides is 1. The Bertz CT molecular complexity index is 735. The summed E-state index contributed by atoms with van der Waals surface area (Å²) in [5, 5.41) is 4.27. The molecule has 0 saturated carbocycles. The lowest BCUT2D eigenvalue weighted by atomic mass is 10.3. The number of likely N-dealkylation sites (tertiary alicyclic amines) is 1. The van der Waals surface area contributed by atoms with Crippen molar-refractivity contribution < 1.29 is 13.2 Å². The zero-order chi connectivity index (χ0) is 14.3. The largest absolute Gasteiger partial charge is 0.340 e. The molecule has 1 aliphatic heterocycles. The minimum absolute atomic E-state index is 0.0565. The van der Waals surface area contributed by atoms with Crippen molar-refractivity contribution in [2.24, 2.45) is 5.14 Å². The molecule has 106 valence electrons. The maximum atomic E-state index is 11.8. The first-order valence-corrected chi connectivity index (χ1v) is 7.77. The van der Waals surface area contributed by atoms with E-state index < -0.39 is 15.3 Å². The van der Waals surface area contributed by atoms with Gasteiger partial charge in [0.15, 0.2) is 0 Å². The molecule has 1 amide bonds. The van der Waals surface area contributed by atoms with Gasteiger partial charge in [-0.3, -0.25) is 4.79 Å². The van der Waals surface area contributed by atoms with Crippen LogP contribution in [0, 0.1) is 0 Å². The fourth-order valence-electron chi connectivity index (χ4n) is 2.37. The average Bonchev–Trinajstić information content (AvgIpc) is 2.93. The molecule has 3 N–H and O–H groups in total. The molecule has 1 saturated heterocycles. The Morgan fingerprint density at radius 1 is 1.40 bits per heavy atom. The number of carbonyl (C=O) groups excluding carboxylic acids is 1. The number of para-hydroxylation sites is 2. The number of nitrogens with two attached hydrogens (primary N) is 1. The van der Waals surface area contributed by atoms with Gasteiger partial charge < -0.3 is 9.88 Å². The van der Waals surface area contributed by atoms with E-state index >= 15 is 0 Å². The number of aromatic nitrogens is 2. The molecular formula is C12H14N4O3S. The molecule has 7 nitrogen and oxygen atoms in total. The van der Waals surface area contributed by atoms with E-state index in [-0.39, 0.29) is 25.4 Å². The lowest BCUT2D eigenvalue weighted by molar-refractivity contribution is -0.128. The fraction of sp³-hybridized carbons (Fsp3) is 0.333. The van der Waals surface area contributed by atoms with Gasteiger partial charge in [0.1, 0.15) is 11.1 Å². The summed E-state index contributed by atoms with van der Waals surface area (Å²) in [6, 6.07) is 7.53. The SMILES string of the molecule is NS(=O)(=O)C1CC(=O)N(Cc2nc3ccccc3[nH]2)C1. The molecule has 1 unspecified atom stereocenters.